The van der Waals surface area contributed by atoms with Gasteiger partial charge in [-0.05, 0) is 67.4 Å². The highest BCUT2D eigenvalue weighted by molar-refractivity contribution is 5.92. The van der Waals surface area contributed by atoms with E-state index in [0.29, 0.717) is 42.3 Å². The summed E-state index contributed by atoms with van der Waals surface area (Å²) in [6, 6.07) is 17.7. The Balaban J connectivity index is 1.61. The molecule has 0 atom stereocenters. The first-order valence-corrected chi connectivity index (χ1v) is 11.6. The van der Waals surface area contributed by atoms with Gasteiger partial charge in [0.05, 0.1) is 30.3 Å². The van der Waals surface area contributed by atoms with Gasteiger partial charge in [0.15, 0.2) is 0 Å². The van der Waals surface area contributed by atoms with Crippen molar-refractivity contribution < 1.29 is 33.5 Å². The highest BCUT2D eigenvalue weighted by Crippen LogP contribution is 2.33. The van der Waals surface area contributed by atoms with Crippen LogP contribution >= 0.6 is 0 Å². The fraction of sp³-hybridized carbons (Fsp3) is 0.214. The van der Waals surface area contributed by atoms with Gasteiger partial charge in [-0.2, -0.15) is 0 Å². The summed E-state index contributed by atoms with van der Waals surface area (Å²) in [4.78, 5) is 35.0. The number of rotatable bonds is 12. The molecule has 0 aromatic heterocycles. The SMILES string of the molecule is C=C(C)C(=O)OCCCOc1ccc(C(=O)Oc2ccc(-c3ccc(OCC)cc3)cc2[N+](=O)[O-])cc1. The molecular formula is C28H27NO8. The molecule has 0 aliphatic rings. The molecule has 0 fully saturated rings. The van der Waals surface area contributed by atoms with Gasteiger partial charge in [-0.15, -0.1) is 0 Å². The molecule has 0 saturated heterocycles. The van der Waals surface area contributed by atoms with Crippen LogP contribution in [-0.4, -0.2) is 36.7 Å². The van der Waals surface area contributed by atoms with E-state index in [2.05, 4.69) is 6.58 Å². The van der Waals surface area contributed by atoms with E-state index in [-0.39, 0.29) is 23.6 Å². The first kappa shape index (κ1) is 26.9. The third-order valence-electron chi connectivity index (χ3n) is 5.09. The lowest BCUT2D eigenvalue weighted by Crippen LogP contribution is -2.10. The summed E-state index contributed by atoms with van der Waals surface area (Å²) in [5, 5.41) is 11.7. The zero-order valence-corrected chi connectivity index (χ0v) is 20.6. The second-order valence-corrected chi connectivity index (χ2v) is 7.93. The number of nitro benzene ring substituents is 1. The van der Waals surface area contributed by atoms with Crippen LogP contribution in [0.1, 0.15) is 30.6 Å². The van der Waals surface area contributed by atoms with Crippen LogP contribution in [0.25, 0.3) is 11.1 Å². The molecule has 0 saturated carbocycles. The van der Waals surface area contributed by atoms with E-state index in [1.807, 2.05) is 6.92 Å². The number of benzene rings is 3. The average molecular weight is 506 g/mol. The zero-order valence-electron chi connectivity index (χ0n) is 20.6. The number of hydrogen-bond donors (Lipinski definition) is 0. The monoisotopic (exact) mass is 505 g/mol. The van der Waals surface area contributed by atoms with Gasteiger partial charge in [0.1, 0.15) is 11.5 Å². The molecule has 0 N–H and O–H groups in total. The normalized spacial score (nSPS) is 10.3. The Hall–Kier alpha value is -4.66. The highest BCUT2D eigenvalue weighted by atomic mass is 16.6. The van der Waals surface area contributed by atoms with Gasteiger partial charge in [0, 0.05) is 18.1 Å². The van der Waals surface area contributed by atoms with Gasteiger partial charge in [0.25, 0.3) is 0 Å². The van der Waals surface area contributed by atoms with Gasteiger partial charge in [-0.1, -0.05) is 24.8 Å². The van der Waals surface area contributed by atoms with Crippen LogP contribution in [0.4, 0.5) is 5.69 Å². The van der Waals surface area contributed by atoms with Gasteiger partial charge in [-0.3, -0.25) is 10.1 Å². The molecule has 192 valence electrons. The molecule has 3 aromatic carbocycles. The Bertz CT molecular complexity index is 1270. The first-order chi connectivity index (χ1) is 17.8. The molecule has 3 rings (SSSR count). The molecule has 0 aliphatic heterocycles. The molecule has 0 aliphatic carbocycles. The quantitative estimate of drug-likeness (QED) is 0.0761. The lowest BCUT2D eigenvalue weighted by atomic mass is 10.0. The summed E-state index contributed by atoms with van der Waals surface area (Å²) >= 11 is 0. The second-order valence-electron chi connectivity index (χ2n) is 7.93. The van der Waals surface area contributed by atoms with E-state index >= 15 is 0 Å². The lowest BCUT2D eigenvalue weighted by molar-refractivity contribution is -0.385. The Labute approximate surface area is 214 Å². The molecule has 9 heteroatoms. The second kappa shape index (κ2) is 12.9. The number of esters is 2. The molecular weight excluding hydrogens is 478 g/mol. The molecule has 0 unspecified atom stereocenters. The molecule has 0 radical (unpaired) electrons. The van der Waals surface area contributed by atoms with Crippen LogP contribution in [0.5, 0.6) is 17.2 Å². The lowest BCUT2D eigenvalue weighted by Gasteiger charge is -2.09. The van der Waals surface area contributed by atoms with Crippen molar-refractivity contribution in [3.63, 3.8) is 0 Å². The first-order valence-electron chi connectivity index (χ1n) is 11.6. The van der Waals surface area contributed by atoms with Crippen molar-refractivity contribution in [1.82, 2.24) is 0 Å². The largest absolute Gasteiger partial charge is 0.494 e. The predicted molar refractivity (Wildman–Crippen MR) is 137 cm³/mol. The maximum atomic E-state index is 12.6. The van der Waals surface area contributed by atoms with Crippen LogP contribution < -0.4 is 14.2 Å². The molecule has 0 amide bonds. The number of carbonyl (C=O) groups excluding carboxylic acids is 2. The number of ether oxygens (including phenoxy) is 4. The summed E-state index contributed by atoms with van der Waals surface area (Å²) in [5.74, 6) is -0.140. The topological polar surface area (TPSA) is 114 Å². The Morgan fingerprint density at radius 3 is 2.14 bits per heavy atom. The van der Waals surface area contributed by atoms with Gasteiger partial charge < -0.3 is 18.9 Å². The molecule has 9 nitrogen and oxygen atoms in total. The fourth-order valence-electron chi connectivity index (χ4n) is 3.22. The summed E-state index contributed by atoms with van der Waals surface area (Å²) in [6.45, 7) is 8.01. The van der Waals surface area contributed by atoms with E-state index in [0.717, 1.165) is 5.56 Å². The van der Waals surface area contributed by atoms with Crippen molar-refractivity contribution in [3.05, 3.63) is 94.6 Å². The van der Waals surface area contributed by atoms with Crippen molar-refractivity contribution in [2.75, 3.05) is 19.8 Å². The van der Waals surface area contributed by atoms with Crippen molar-refractivity contribution in [2.24, 2.45) is 0 Å². The molecule has 0 spiro atoms. The highest BCUT2D eigenvalue weighted by Gasteiger charge is 2.20. The molecule has 0 heterocycles. The number of carbonyl (C=O) groups is 2. The third-order valence-corrected chi connectivity index (χ3v) is 5.09. The predicted octanol–water partition coefficient (Wildman–Crippen LogP) is 5.77. The number of hydrogen-bond acceptors (Lipinski definition) is 8. The Morgan fingerprint density at radius 2 is 1.51 bits per heavy atom. The summed E-state index contributed by atoms with van der Waals surface area (Å²) in [7, 11) is 0. The third kappa shape index (κ3) is 7.66. The minimum absolute atomic E-state index is 0.158. The van der Waals surface area contributed by atoms with Gasteiger partial charge in [0.2, 0.25) is 5.75 Å². The average Bonchev–Trinajstić information content (AvgIpc) is 2.89. The standard InChI is InChI=1S/C28H27NO8/c1-4-34-23-11-6-20(7-12-23)22-10-15-26(25(18-22)29(32)33)37-28(31)21-8-13-24(14-9-21)35-16-5-17-36-27(30)19(2)3/h6-15,18H,2,4-5,16-17H2,1,3H3. The number of nitrogens with zero attached hydrogens (tertiary/aromatic N) is 1. The molecule has 0 bridgehead atoms. The van der Waals surface area contributed by atoms with Crippen molar-refractivity contribution >= 4 is 17.6 Å². The van der Waals surface area contributed by atoms with E-state index < -0.39 is 16.9 Å². The Kier molecular flexibility index (Phi) is 9.37. The minimum Gasteiger partial charge on any atom is -0.494 e. The summed E-state index contributed by atoms with van der Waals surface area (Å²) < 4.78 is 21.3. The zero-order chi connectivity index (χ0) is 26.8. The van der Waals surface area contributed by atoms with Gasteiger partial charge >= 0.3 is 17.6 Å². The number of nitro groups is 1. The van der Waals surface area contributed by atoms with Gasteiger partial charge in [-0.25, -0.2) is 9.59 Å². The minimum atomic E-state index is -0.741. The smallest absolute Gasteiger partial charge is 0.343 e. The Morgan fingerprint density at radius 1 is 0.892 bits per heavy atom. The van der Waals surface area contributed by atoms with Crippen LogP contribution in [0.2, 0.25) is 0 Å². The summed E-state index contributed by atoms with van der Waals surface area (Å²) in [6.07, 6.45) is 0.485. The van der Waals surface area contributed by atoms with E-state index in [1.54, 1.807) is 49.4 Å². The molecule has 37 heavy (non-hydrogen) atoms. The molecule has 3 aromatic rings. The van der Waals surface area contributed by atoms with E-state index in [1.165, 1.54) is 24.3 Å². The fourth-order valence-corrected chi connectivity index (χ4v) is 3.22. The summed E-state index contributed by atoms with van der Waals surface area (Å²) in [5.41, 5.74) is 1.57. The maximum absolute atomic E-state index is 12.6. The van der Waals surface area contributed by atoms with Crippen LogP contribution in [0, 0.1) is 10.1 Å². The van der Waals surface area contributed by atoms with Crippen molar-refractivity contribution in [1.29, 1.82) is 0 Å². The van der Waals surface area contributed by atoms with Crippen molar-refractivity contribution in [2.45, 2.75) is 20.3 Å². The van der Waals surface area contributed by atoms with E-state index in [4.69, 9.17) is 18.9 Å². The van der Waals surface area contributed by atoms with Crippen LogP contribution in [0.3, 0.4) is 0 Å². The van der Waals surface area contributed by atoms with Crippen molar-refractivity contribution in [3.8, 4) is 28.4 Å². The van der Waals surface area contributed by atoms with Crippen LogP contribution in [-0.2, 0) is 9.53 Å². The van der Waals surface area contributed by atoms with E-state index in [9.17, 15) is 19.7 Å². The maximum Gasteiger partial charge on any atom is 0.343 e. The van der Waals surface area contributed by atoms with Crippen LogP contribution in [0.15, 0.2) is 78.9 Å².